The van der Waals surface area contributed by atoms with Crippen LogP contribution in [0.25, 0.3) is 11.3 Å². The number of aryl methyl sites for hydroxylation is 2. The number of aromatic amines is 1. The predicted octanol–water partition coefficient (Wildman–Crippen LogP) is 4.42. The van der Waals surface area contributed by atoms with Crippen LogP contribution in [-0.4, -0.2) is 41.2 Å². The molecule has 6 heteroatoms. The molecule has 2 aliphatic rings. The molecule has 6 nitrogen and oxygen atoms in total. The van der Waals surface area contributed by atoms with Crippen LogP contribution < -0.4 is 10.1 Å². The molecule has 1 aliphatic heterocycles. The Kier molecular flexibility index (Phi) is 5.95. The van der Waals surface area contributed by atoms with E-state index in [4.69, 9.17) is 4.74 Å². The van der Waals surface area contributed by atoms with E-state index in [2.05, 4.69) is 32.5 Å². The summed E-state index contributed by atoms with van der Waals surface area (Å²) in [7, 11) is 1.76. The number of rotatable bonds is 6. The molecule has 166 valence electrons. The number of anilines is 1. The Hall–Kier alpha value is -3.12. The first-order valence-electron chi connectivity index (χ1n) is 11.5. The van der Waals surface area contributed by atoms with Crippen molar-refractivity contribution in [2.45, 2.75) is 38.6 Å². The van der Waals surface area contributed by atoms with Crippen LogP contribution in [0, 0.1) is 5.92 Å². The van der Waals surface area contributed by atoms with Gasteiger partial charge in [-0.15, -0.1) is 0 Å². The molecule has 0 bridgehead atoms. The monoisotopic (exact) mass is 430 g/mol. The number of likely N-dealkylation sites (tertiary alicyclic amines) is 1. The van der Waals surface area contributed by atoms with Gasteiger partial charge in [0.05, 0.1) is 12.8 Å². The van der Waals surface area contributed by atoms with Gasteiger partial charge in [-0.25, -0.2) is 0 Å². The van der Waals surface area contributed by atoms with Crippen molar-refractivity contribution >= 4 is 11.6 Å². The minimum Gasteiger partial charge on any atom is -0.496 e. The topological polar surface area (TPSA) is 70.2 Å². The van der Waals surface area contributed by atoms with Crippen LogP contribution in [0.1, 0.15) is 36.0 Å². The summed E-state index contributed by atoms with van der Waals surface area (Å²) in [4.78, 5) is 15.3. The van der Waals surface area contributed by atoms with Crippen molar-refractivity contribution in [2.24, 2.45) is 5.92 Å². The van der Waals surface area contributed by atoms with Crippen molar-refractivity contribution in [3.63, 3.8) is 0 Å². The number of benzene rings is 2. The second-order valence-electron chi connectivity index (χ2n) is 8.88. The Morgan fingerprint density at radius 1 is 1.16 bits per heavy atom. The van der Waals surface area contributed by atoms with Gasteiger partial charge >= 0.3 is 0 Å². The minimum absolute atomic E-state index is 0.0453. The van der Waals surface area contributed by atoms with Crippen molar-refractivity contribution in [3.05, 3.63) is 65.4 Å². The Morgan fingerprint density at radius 3 is 2.72 bits per heavy atom. The first kappa shape index (κ1) is 20.8. The van der Waals surface area contributed by atoms with E-state index < -0.39 is 0 Å². The summed E-state index contributed by atoms with van der Waals surface area (Å²) >= 11 is 0. The van der Waals surface area contributed by atoms with Crippen molar-refractivity contribution in [1.82, 2.24) is 15.1 Å². The Labute approximate surface area is 189 Å². The molecule has 0 saturated carbocycles. The van der Waals surface area contributed by atoms with Gasteiger partial charge in [0.25, 0.3) is 0 Å². The number of fused-ring (bicyclic) bond motifs is 1. The van der Waals surface area contributed by atoms with E-state index >= 15 is 0 Å². The number of carbonyl (C=O) groups excluding carboxylic acids is 1. The molecule has 1 fully saturated rings. The molecule has 0 radical (unpaired) electrons. The number of piperidine rings is 1. The molecule has 5 rings (SSSR count). The van der Waals surface area contributed by atoms with Crippen molar-refractivity contribution in [3.8, 4) is 17.0 Å². The summed E-state index contributed by atoms with van der Waals surface area (Å²) in [6.45, 7) is 2.73. The number of carbonyl (C=O) groups is 1. The molecule has 3 aromatic rings. The maximum Gasteiger partial charge on any atom is 0.227 e. The molecule has 32 heavy (non-hydrogen) atoms. The lowest BCUT2D eigenvalue weighted by atomic mass is 9.95. The van der Waals surface area contributed by atoms with Gasteiger partial charge in [0, 0.05) is 35.5 Å². The Bertz CT molecular complexity index is 1090. The number of ether oxygens (including phenoxy) is 1. The van der Waals surface area contributed by atoms with Crippen LogP contribution in [-0.2, 0) is 24.2 Å². The highest BCUT2D eigenvalue weighted by Crippen LogP contribution is 2.31. The number of H-pyrrole nitrogens is 1. The van der Waals surface area contributed by atoms with Crippen molar-refractivity contribution in [1.29, 1.82) is 0 Å². The maximum absolute atomic E-state index is 12.9. The van der Waals surface area contributed by atoms with Gasteiger partial charge in [0.1, 0.15) is 5.75 Å². The lowest BCUT2D eigenvalue weighted by Gasteiger charge is -2.31. The highest BCUT2D eigenvalue weighted by Gasteiger charge is 2.26. The summed E-state index contributed by atoms with van der Waals surface area (Å²) < 4.78 is 5.68. The fourth-order valence-electron chi connectivity index (χ4n) is 4.99. The number of hydrogen-bond acceptors (Lipinski definition) is 4. The standard InChI is InChI=1S/C26H30N4O2/c1-32-25-16-20-5-2-4-19(20)14-22(25)17-30-12-9-18(10-13-30)26(31)28-23-7-3-6-21(15-23)24-8-11-27-29-24/h3,6-8,11,14-16,18H,2,4-5,9-10,12-13,17H2,1H3,(H,27,29)(H,28,31). The van der Waals surface area contributed by atoms with Gasteiger partial charge in [-0.05, 0) is 80.6 Å². The smallest absolute Gasteiger partial charge is 0.227 e. The quantitative estimate of drug-likeness (QED) is 0.607. The molecule has 1 aliphatic carbocycles. The summed E-state index contributed by atoms with van der Waals surface area (Å²) in [6.07, 6.45) is 7.06. The van der Waals surface area contributed by atoms with Gasteiger partial charge < -0.3 is 10.1 Å². The van der Waals surface area contributed by atoms with Crippen LogP contribution >= 0.6 is 0 Å². The van der Waals surface area contributed by atoms with Crippen LogP contribution in [0.4, 0.5) is 5.69 Å². The molecule has 2 N–H and O–H groups in total. The first-order chi connectivity index (χ1) is 15.7. The number of amides is 1. The molecule has 1 saturated heterocycles. The first-order valence-corrected chi connectivity index (χ1v) is 11.5. The third-order valence-electron chi connectivity index (χ3n) is 6.79. The average Bonchev–Trinajstić information content (AvgIpc) is 3.51. The van der Waals surface area contributed by atoms with E-state index in [1.54, 1.807) is 13.3 Å². The molecule has 1 amide bonds. The van der Waals surface area contributed by atoms with Crippen LogP contribution in [0.2, 0.25) is 0 Å². The number of hydrogen-bond donors (Lipinski definition) is 2. The van der Waals surface area contributed by atoms with Crippen LogP contribution in [0.5, 0.6) is 5.75 Å². The molecular weight excluding hydrogens is 400 g/mol. The van der Waals surface area contributed by atoms with E-state index in [1.165, 1.54) is 29.5 Å². The van der Waals surface area contributed by atoms with E-state index in [0.29, 0.717) is 0 Å². The zero-order valence-corrected chi connectivity index (χ0v) is 18.6. The normalized spacial score (nSPS) is 16.7. The Morgan fingerprint density at radius 2 is 1.97 bits per heavy atom. The van der Waals surface area contributed by atoms with Crippen LogP contribution in [0.3, 0.4) is 0 Å². The number of methoxy groups -OCH3 is 1. The lowest BCUT2D eigenvalue weighted by molar-refractivity contribution is -0.121. The third-order valence-corrected chi connectivity index (χ3v) is 6.79. The van der Waals surface area contributed by atoms with E-state index in [1.807, 2.05) is 30.3 Å². The highest BCUT2D eigenvalue weighted by atomic mass is 16.5. The zero-order valence-electron chi connectivity index (χ0n) is 18.6. The second-order valence-corrected chi connectivity index (χ2v) is 8.88. The van der Waals surface area contributed by atoms with Gasteiger partial charge in [-0.2, -0.15) is 5.10 Å². The summed E-state index contributed by atoms with van der Waals surface area (Å²) in [5.74, 6) is 1.16. The van der Waals surface area contributed by atoms with Gasteiger partial charge in [-0.3, -0.25) is 14.8 Å². The zero-order chi connectivity index (χ0) is 21.9. The molecule has 0 unspecified atom stereocenters. The van der Waals surface area contributed by atoms with Gasteiger partial charge in [-0.1, -0.05) is 18.2 Å². The van der Waals surface area contributed by atoms with Crippen molar-refractivity contribution in [2.75, 3.05) is 25.5 Å². The molecule has 2 aromatic carbocycles. The molecule has 0 atom stereocenters. The summed E-state index contributed by atoms with van der Waals surface area (Å²) in [5, 5.41) is 10.1. The third kappa shape index (κ3) is 4.41. The van der Waals surface area contributed by atoms with E-state index in [0.717, 1.165) is 61.6 Å². The molecular formula is C26H30N4O2. The predicted molar refractivity (Wildman–Crippen MR) is 126 cm³/mol. The average molecular weight is 431 g/mol. The second kappa shape index (κ2) is 9.17. The highest BCUT2D eigenvalue weighted by molar-refractivity contribution is 5.93. The summed E-state index contributed by atoms with van der Waals surface area (Å²) in [5.41, 5.74) is 6.97. The fraction of sp³-hybridized carbons (Fsp3) is 0.385. The van der Waals surface area contributed by atoms with Crippen LogP contribution in [0.15, 0.2) is 48.7 Å². The summed E-state index contributed by atoms with van der Waals surface area (Å²) in [6, 6.07) is 14.4. The Balaban J connectivity index is 1.18. The van der Waals surface area contributed by atoms with Crippen molar-refractivity contribution < 1.29 is 9.53 Å². The van der Waals surface area contributed by atoms with E-state index in [-0.39, 0.29) is 11.8 Å². The van der Waals surface area contributed by atoms with E-state index in [9.17, 15) is 4.79 Å². The van der Waals surface area contributed by atoms with Gasteiger partial charge in [0.15, 0.2) is 0 Å². The lowest BCUT2D eigenvalue weighted by Crippen LogP contribution is -2.37. The molecule has 2 heterocycles. The molecule has 1 aromatic heterocycles. The number of aromatic nitrogens is 2. The number of nitrogens with zero attached hydrogens (tertiary/aromatic N) is 2. The SMILES string of the molecule is COc1cc2c(cc1CN1CCC(C(=O)Nc3cccc(-c4ccn[nH]4)c3)CC1)CCC2. The minimum atomic E-state index is 0.0453. The largest absolute Gasteiger partial charge is 0.496 e. The van der Waals surface area contributed by atoms with Gasteiger partial charge in [0.2, 0.25) is 5.91 Å². The molecule has 0 spiro atoms. The fourth-order valence-corrected chi connectivity index (χ4v) is 4.99. The number of nitrogens with one attached hydrogen (secondary N) is 2. The maximum atomic E-state index is 12.9.